The molecule has 4 rings (SSSR count). The first kappa shape index (κ1) is 19.3. The smallest absolute Gasteiger partial charge is 0.315 e. The summed E-state index contributed by atoms with van der Waals surface area (Å²) in [5.41, 5.74) is 0.871. The first-order chi connectivity index (χ1) is 14.4. The topological polar surface area (TPSA) is 92.6 Å². The van der Waals surface area contributed by atoms with Crippen molar-refractivity contribution in [2.24, 2.45) is 0 Å². The summed E-state index contributed by atoms with van der Waals surface area (Å²) < 4.78 is 0. The maximum absolute atomic E-state index is 13.7. The molecule has 0 unspecified atom stereocenters. The van der Waals surface area contributed by atoms with Crippen LogP contribution in [0.3, 0.4) is 0 Å². The van der Waals surface area contributed by atoms with Gasteiger partial charge in [-0.2, -0.15) is 0 Å². The minimum Gasteiger partial charge on any atom is -0.315 e. The number of hydrogen-bond donors (Lipinski definition) is 1. The van der Waals surface area contributed by atoms with E-state index in [1.807, 2.05) is 36.4 Å². The Morgan fingerprint density at radius 3 is 2.00 bits per heavy atom. The molecular formula is C23H19N3O4. The highest BCUT2D eigenvalue weighted by Gasteiger charge is 2.53. The number of carbonyl (C=O) groups excluding carboxylic acids is 2. The highest BCUT2D eigenvalue weighted by Crippen LogP contribution is 2.37. The molecule has 1 aliphatic rings. The van der Waals surface area contributed by atoms with E-state index in [0.717, 1.165) is 4.90 Å². The minimum atomic E-state index is -1.35. The summed E-state index contributed by atoms with van der Waals surface area (Å²) in [6.07, 6.45) is 0. The molecule has 0 bridgehead atoms. The van der Waals surface area contributed by atoms with Gasteiger partial charge in [0, 0.05) is 11.6 Å². The van der Waals surface area contributed by atoms with Crippen molar-refractivity contribution in [1.29, 1.82) is 0 Å². The quantitative estimate of drug-likeness (QED) is 0.399. The number of nitrogens with one attached hydrogen (secondary N) is 1. The lowest BCUT2D eigenvalue weighted by molar-refractivity contribution is -0.385. The molecule has 7 nitrogen and oxygen atoms in total. The molecule has 7 heteroatoms. The van der Waals surface area contributed by atoms with Crippen LogP contribution in [0.2, 0.25) is 0 Å². The van der Waals surface area contributed by atoms with Crippen LogP contribution in [0.25, 0.3) is 0 Å². The highest BCUT2D eigenvalue weighted by atomic mass is 16.6. The van der Waals surface area contributed by atoms with Gasteiger partial charge in [0.05, 0.1) is 11.5 Å². The first-order valence-corrected chi connectivity index (χ1v) is 9.43. The largest absolute Gasteiger partial charge is 0.325 e. The van der Waals surface area contributed by atoms with Gasteiger partial charge in [0.15, 0.2) is 5.54 Å². The molecule has 1 N–H and O–H groups in total. The SMILES string of the molecule is Cc1c(CN2C(=O)NC(c3ccccc3)(c3ccccc3)C2=O)cccc1[N+](=O)[O-]. The molecule has 1 heterocycles. The molecule has 3 amide bonds. The number of amides is 3. The van der Waals surface area contributed by atoms with E-state index in [1.165, 1.54) is 6.07 Å². The van der Waals surface area contributed by atoms with E-state index in [4.69, 9.17) is 0 Å². The average Bonchev–Trinajstić information content (AvgIpc) is 3.01. The van der Waals surface area contributed by atoms with Gasteiger partial charge >= 0.3 is 6.03 Å². The average molecular weight is 401 g/mol. The van der Waals surface area contributed by atoms with Gasteiger partial charge < -0.3 is 5.32 Å². The molecule has 0 spiro atoms. The van der Waals surface area contributed by atoms with Crippen LogP contribution in [0.5, 0.6) is 0 Å². The fourth-order valence-electron chi connectivity index (χ4n) is 3.86. The van der Waals surface area contributed by atoms with Crippen LogP contribution in [0.4, 0.5) is 10.5 Å². The van der Waals surface area contributed by atoms with E-state index in [2.05, 4.69) is 5.32 Å². The summed E-state index contributed by atoms with van der Waals surface area (Å²) in [6, 6.07) is 22.2. The van der Waals surface area contributed by atoms with Gasteiger partial charge in [-0.05, 0) is 23.6 Å². The fourth-order valence-corrected chi connectivity index (χ4v) is 3.86. The number of nitro groups is 1. The van der Waals surface area contributed by atoms with Crippen molar-refractivity contribution in [2.75, 3.05) is 0 Å². The lowest BCUT2D eigenvalue weighted by Gasteiger charge is -2.28. The van der Waals surface area contributed by atoms with Gasteiger partial charge in [-0.25, -0.2) is 4.79 Å². The Bertz CT molecular complexity index is 1090. The van der Waals surface area contributed by atoms with Crippen LogP contribution < -0.4 is 5.32 Å². The normalized spacial score (nSPS) is 15.2. The zero-order valence-electron chi connectivity index (χ0n) is 16.2. The van der Waals surface area contributed by atoms with Gasteiger partial charge in [0.25, 0.3) is 11.6 Å². The summed E-state index contributed by atoms with van der Waals surface area (Å²) >= 11 is 0. The third kappa shape index (κ3) is 3.00. The first-order valence-electron chi connectivity index (χ1n) is 9.43. The van der Waals surface area contributed by atoms with E-state index in [0.29, 0.717) is 22.3 Å². The molecule has 0 aliphatic carbocycles. The minimum absolute atomic E-state index is 0.0445. The van der Waals surface area contributed by atoms with Gasteiger partial charge in [-0.3, -0.25) is 19.8 Å². The summed E-state index contributed by atoms with van der Waals surface area (Å²) in [6.45, 7) is 1.56. The molecule has 0 aromatic heterocycles. The van der Waals surface area contributed by atoms with E-state index >= 15 is 0 Å². The Morgan fingerprint density at radius 1 is 0.900 bits per heavy atom. The number of benzene rings is 3. The van der Waals surface area contributed by atoms with Crippen LogP contribution >= 0.6 is 0 Å². The molecule has 0 saturated carbocycles. The van der Waals surface area contributed by atoms with Gasteiger partial charge in [0.2, 0.25) is 0 Å². The van der Waals surface area contributed by atoms with Crippen LogP contribution in [0, 0.1) is 17.0 Å². The van der Waals surface area contributed by atoms with Crippen LogP contribution in [0.1, 0.15) is 22.3 Å². The molecule has 1 saturated heterocycles. The molecular weight excluding hydrogens is 382 g/mol. The predicted octanol–water partition coefficient (Wildman–Crippen LogP) is 3.90. The van der Waals surface area contributed by atoms with Crippen molar-refractivity contribution in [1.82, 2.24) is 10.2 Å². The summed E-state index contributed by atoms with van der Waals surface area (Å²) in [5.74, 6) is -0.421. The fraction of sp³-hybridized carbons (Fsp3) is 0.130. The number of imide groups is 1. The molecule has 3 aromatic rings. The van der Waals surface area contributed by atoms with Crippen molar-refractivity contribution < 1.29 is 14.5 Å². The zero-order valence-corrected chi connectivity index (χ0v) is 16.2. The Balaban J connectivity index is 1.79. The second-order valence-corrected chi connectivity index (χ2v) is 7.12. The molecule has 30 heavy (non-hydrogen) atoms. The van der Waals surface area contributed by atoms with E-state index in [1.54, 1.807) is 43.3 Å². The second-order valence-electron chi connectivity index (χ2n) is 7.12. The number of rotatable bonds is 5. The van der Waals surface area contributed by atoms with Crippen LogP contribution in [0.15, 0.2) is 78.9 Å². The van der Waals surface area contributed by atoms with Gasteiger partial charge in [-0.1, -0.05) is 72.8 Å². The standard InChI is InChI=1S/C23H19N3O4/c1-16-17(9-8-14-20(16)26(29)30)15-25-21(27)23(24-22(25)28,18-10-4-2-5-11-18)19-12-6-3-7-13-19/h2-14H,15H2,1H3,(H,24,28). The monoisotopic (exact) mass is 401 g/mol. The molecule has 3 aromatic carbocycles. The number of nitrogens with zero attached hydrogens (tertiary/aromatic N) is 2. The molecule has 150 valence electrons. The van der Waals surface area contributed by atoms with Gasteiger partial charge in [-0.15, -0.1) is 0 Å². The Labute approximate surface area is 173 Å². The maximum atomic E-state index is 13.7. The Kier molecular flexibility index (Phi) is 4.79. The summed E-state index contributed by atoms with van der Waals surface area (Å²) in [5, 5.41) is 14.1. The zero-order chi connectivity index (χ0) is 21.3. The third-order valence-electron chi connectivity index (χ3n) is 5.46. The molecule has 1 aliphatic heterocycles. The van der Waals surface area contributed by atoms with Crippen LogP contribution in [-0.4, -0.2) is 21.8 Å². The number of hydrogen-bond acceptors (Lipinski definition) is 4. The number of urea groups is 1. The third-order valence-corrected chi connectivity index (χ3v) is 5.46. The van der Waals surface area contributed by atoms with E-state index in [-0.39, 0.29) is 12.2 Å². The van der Waals surface area contributed by atoms with Crippen LogP contribution in [-0.2, 0) is 16.9 Å². The van der Waals surface area contributed by atoms with Crippen molar-refractivity contribution in [3.8, 4) is 0 Å². The van der Waals surface area contributed by atoms with E-state index < -0.39 is 22.4 Å². The van der Waals surface area contributed by atoms with E-state index in [9.17, 15) is 19.7 Å². The summed E-state index contributed by atoms with van der Waals surface area (Å²) in [7, 11) is 0. The Morgan fingerprint density at radius 2 is 1.47 bits per heavy atom. The number of carbonyl (C=O) groups is 2. The van der Waals surface area contributed by atoms with Crippen molar-refractivity contribution in [2.45, 2.75) is 19.0 Å². The summed E-state index contributed by atoms with van der Waals surface area (Å²) in [4.78, 5) is 38.5. The van der Waals surface area contributed by atoms with Gasteiger partial charge in [0.1, 0.15) is 0 Å². The maximum Gasteiger partial charge on any atom is 0.325 e. The molecule has 0 radical (unpaired) electrons. The highest BCUT2D eigenvalue weighted by molar-refractivity contribution is 6.09. The van der Waals surface area contributed by atoms with Crippen molar-refractivity contribution in [3.63, 3.8) is 0 Å². The lowest BCUT2D eigenvalue weighted by Crippen LogP contribution is -2.45. The second kappa shape index (κ2) is 7.44. The van der Waals surface area contributed by atoms with Crippen molar-refractivity contribution >= 4 is 17.6 Å². The molecule has 1 fully saturated rings. The number of nitro benzene ring substituents is 1. The Hall–Kier alpha value is -4.00. The lowest BCUT2D eigenvalue weighted by atomic mass is 9.82. The van der Waals surface area contributed by atoms with Crippen molar-refractivity contribution in [3.05, 3.63) is 111 Å². The predicted molar refractivity (Wildman–Crippen MR) is 111 cm³/mol. The molecule has 0 atom stereocenters.